The number of hydrogen-bond acceptors (Lipinski definition) is 3. The fourth-order valence-electron chi connectivity index (χ4n) is 2.03. The second-order valence-corrected chi connectivity index (χ2v) is 5.84. The zero-order chi connectivity index (χ0) is 17.8. The molecule has 3 aromatic rings. The lowest BCUT2D eigenvalue weighted by Gasteiger charge is -2.09. The third-order valence-corrected chi connectivity index (χ3v) is 3.83. The molecule has 2 aromatic carbocycles. The van der Waals surface area contributed by atoms with Crippen LogP contribution >= 0.6 is 23.2 Å². The molecule has 0 aliphatic heterocycles. The van der Waals surface area contributed by atoms with E-state index in [1.165, 1.54) is 35.0 Å². The summed E-state index contributed by atoms with van der Waals surface area (Å²) >= 11 is 12.0. The zero-order valence-electron chi connectivity index (χ0n) is 12.7. The normalized spacial score (nSPS) is 10.5. The van der Waals surface area contributed by atoms with Crippen molar-refractivity contribution in [3.05, 3.63) is 76.3 Å². The molecule has 25 heavy (non-hydrogen) atoms. The van der Waals surface area contributed by atoms with Crippen LogP contribution in [0.5, 0.6) is 5.75 Å². The van der Waals surface area contributed by atoms with Gasteiger partial charge >= 0.3 is 0 Å². The highest BCUT2D eigenvalue weighted by molar-refractivity contribution is 6.37. The van der Waals surface area contributed by atoms with Crippen molar-refractivity contribution < 1.29 is 13.9 Å². The summed E-state index contributed by atoms with van der Waals surface area (Å²) in [5.74, 6) is -0.447. The van der Waals surface area contributed by atoms with E-state index >= 15 is 0 Å². The molecule has 8 heteroatoms. The molecule has 0 aliphatic rings. The molecule has 1 amide bonds. The van der Waals surface area contributed by atoms with Crippen LogP contribution in [0.4, 0.5) is 10.1 Å². The van der Waals surface area contributed by atoms with E-state index in [-0.39, 0.29) is 18.2 Å². The average Bonchev–Trinajstić information content (AvgIpc) is 3.06. The molecule has 0 radical (unpaired) electrons. The highest BCUT2D eigenvalue weighted by atomic mass is 35.5. The van der Waals surface area contributed by atoms with Gasteiger partial charge in [0, 0.05) is 11.9 Å². The Morgan fingerprint density at radius 1 is 1.12 bits per heavy atom. The summed E-state index contributed by atoms with van der Waals surface area (Å²) in [6.45, 7) is 0.0350. The molecule has 128 valence electrons. The van der Waals surface area contributed by atoms with E-state index in [9.17, 15) is 9.18 Å². The Morgan fingerprint density at radius 3 is 2.48 bits per heavy atom. The highest BCUT2D eigenvalue weighted by Gasteiger charge is 2.11. The molecular weight excluding hydrogens is 368 g/mol. The maximum Gasteiger partial charge on any atom is 0.276 e. The van der Waals surface area contributed by atoms with Crippen molar-refractivity contribution in [1.82, 2.24) is 9.78 Å². The number of amides is 1. The van der Waals surface area contributed by atoms with Crippen molar-refractivity contribution in [2.45, 2.75) is 6.73 Å². The number of ether oxygens (including phenoxy) is 1. The quantitative estimate of drug-likeness (QED) is 0.703. The summed E-state index contributed by atoms with van der Waals surface area (Å²) in [7, 11) is 0. The number of benzene rings is 2. The van der Waals surface area contributed by atoms with Crippen LogP contribution in [0.1, 0.15) is 10.5 Å². The molecule has 0 atom stereocenters. The molecular formula is C17H12Cl2FN3O2. The van der Waals surface area contributed by atoms with E-state index < -0.39 is 5.91 Å². The summed E-state index contributed by atoms with van der Waals surface area (Å²) in [6.07, 6.45) is 1.59. The number of rotatable bonds is 5. The molecule has 0 bridgehead atoms. The van der Waals surface area contributed by atoms with Crippen LogP contribution in [0.3, 0.4) is 0 Å². The second-order valence-electron chi connectivity index (χ2n) is 5.03. The third kappa shape index (κ3) is 4.29. The van der Waals surface area contributed by atoms with Crippen molar-refractivity contribution in [3.63, 3.8) is 0 Å². The van der Waals surface area contributed by atoms with Gasteiger partial charge in [-0.2, -0.15) is 5.10 Å². The first-order chi connectivity index (χ1) is 12.0. The lowest BCUT2D eigenvalue weighted by Crippen LogP contribution is -2.14. The molecule has 0 fully saturated rings. The summed E-state index contributed by atoms with van der Waals surface area (Å²) in [5.41, 5.74) is 0.665. The van der Waals surface area contributed by atoms with Gasteiger partial charge in [-0.3, -0.25) is 4.79 Å². The number of anilines is 1. The second kappa shape index (κ2) is 7.55. The minimum atomic E-state index is -0.416. The van der Waals surface area contributed by atoms with Crippen molar-refractivity contribution in [2.24, 2.45) is 0 Å². The van der Waals surface area contributed by atoms with Crippen molar-refractivity contribution >= 4 is 34.8 Å². The first-order valence-electron chi connectivity index (χ1n) is 7.20. The van der Waals surface area contributed by atoms with Crippen LogP contribution in [-0.4, -0.2) is 15.7 Å². The maximum absolute atomic E-state index is 12.9. The van der Waals surface area contributed by atoms with Crippen LogP contribution in [-0.2, 0) is 6.73 Å². The zero-order valence-corrected chi connectivity index (χ0v) is 14.3. The number of nitrogens with zero attached hydrogens (tertiary/aromatic N) is 2. The van der Waals surface area contributed by atoms with Crippen molar-refractivity contribution in [3.8, 4) is 5.75 Å². The number of hydrogen-bond donors (Lipinski definition) is 1. The maximum atomic E-state index is 12.9. The van der Waals surface area contributed by atoms with Gasteiger partial charge in [0.2, 0.25) is 0 Å². The van der Waals surface area contributed by atoms with Gasteiger partial charge in [0.25, 0.3) is 5.91 Å². The lowest BCUT2D eigenvalue weighted by atomic mass is 10.3. The Hall–Kier alpha value is -2.57. The molecule has 1 N–H and O–H groups in total. The highest BCUT2D eigenvalue weighted by Crippen LogP contribution is 2.32. The Bertz CT molecular complexity index is 877. The molecule has 0 unspecified atom stereocenters. The summed E-state index contributed by atoms with van der Waals surface area (Å²) in [5, 5.41) is 7.51. The van der Waals surface area contributed by atoms with Crippen LogP contribution < -0.4 is 10.1 Å². The van der Waals surface area contributed by atoms with Gasteiger partial charge < -0.3 is 10.1 Å². The van der Waals surface area contributed by atoms with E-state index in [1.807, 2.05) is 0 Å². The van der Waals surface area contributed by atoms with E-state index in [4.69, 9.17) is 27.9 Å². The van der Waals surface area contributed by atoms with Gasteiger partial charge in [0.05, 0.1) is 10.0 Å². The molecule has 3 rings (SSSR count). The monoisotopic (exact) mass is 379 g/mol. The van der Waals surface area contributed by atoms with E-state index in [0.717, 1.165) is 0 Å². The smallest absolute Gasteiger partial charge is 0.276 e. The summed E-state index contributed by atoms with van der Waals surface area (Å²) in [6, 6.07) is 12.0. The van der Waals surface area contributed by atoms with E-state index in [0.29, 0.717) is 21.5 Å². The van der Waals surface area contributed by atoms with Crippen molar-refractivity contribution in [1.29, 1.82) is 0 Å². The minimum absolute atomic E-state index is 0.0350. The summed E-state index contributed by atoms with van der Waals surface area (Å²) < 4.78 is 19.8. The number of halogens is 3. The van der Waals surface area contributed by atoms with Gasteiger partial charge in [0.15, 0.2) is 18.2 Å². The Balaban J connectivity index is 1.64. The number of carbonyl (C=O) groups excluding carboxylic acids is 1. The number of para-hydroxylation sites is 1. The predicted molar refractivity (Wildman–Crippen MR) is 93.7 cm³/mol. The lowest BCUT2D eigenvalue weighted by molar-refractivity contribution is 0.102. The number of nitrogens with one attached hydrogen (secondary N) is 1. The fourth-order valence-corrected chi connectivity index (χ4v) is 2.54. The molecule has 0 saturated heterocycles. The molecule has 1 aromatic heterocycles. The first-order valence-corrected chi connectivity index (χ1v) is 7.96. The topological polar surface area (TPSA) is 56.2 Å². The van der Waals surface area contributed by atoms with Gasteiger partial charge in [0.1, 0.15) is 5.82 Å². The van der Waals surface area contributed by atoms with Gasteiger partial charge in [-0.15, -0.1) is 0 Å². The Kier molecular flexibility index (Phi) is 5.21. The Labute approximate surface area is 152 Å². The van der Waals surface area contributed by atoms with Crippen LogP contribution in [0.2, 0.25) is 10.0 Å². The molecule has 0 aliphatic carbocycles. The van der Waals surface area contributed by atoms with E-state index in [2.05, 4.69) is 10.4 Å². The minimum Gasteiger partial charge on any atom is -0.468 e. The van der Waals surface area contributed by atoms with Gasteiger partial charge in [-0.05, 0) is 42.5 Å². The van der Waals surface area contributed by atoms with E-state index in [1.54, 1.807) is 24.4 Å². The molecule has 0 saturated carbocycles. The van der Waals surface area contributed by atoms with Gasteiger partial charge in [-0.1, -0.05) is 29.3 Å². The third-order valence-electron chi connectivity index (χ3n) is 3.24. The molecule has 1 heterocycles. The van der Waals surface area contributed by atoms with Crippen LogP contribution in [0, 0.1) is 5.82 Å². The van der Waals surface area contributed by atoms with Crippen LogP contribution in [0.15, 0.2) is 54.7 Å². The number of carbonyl (C=O) groups is 1. The average molecular weight is 380 g/mol. The van der Waals surface area contributed by atoms with Crippen LogP contribution in [0.25, 0.3) is 0 Å². The number of aromatic nitrogens is 2. The SMILES string of the molecule is O=C(Nc1ccc(F)cc1)c1ccn(COc2c(Cl)cccc2Cl)n1. The summed E-state index contributed by atoms with van der Waals surface area (Å²) in [4.78, 5) is 12.1. The largest absolute Gasteiger partial charge is 0.468 e. The molecule has 0 spiro atoms. The Morgan fingerprint density at radius 2 is 1.80 bits per heavy atom. The fraction of sp³-hybridized carbons (Fsp3) is 0.0588. The first kappa shape index (κ1) is 17.3. The standard InChI is InChI=1S/C17H12Cl2FN3O2/c18-13-2-1-3-14(19)16(13)25-10-23-9-8-15(22-23)17(24)21-12-6-4-11(20)5-7-12/h1-9H,10H2,(H,21,24). The molecule has 5 nitrogen and oxygen atoms in total. The predicted octanol–water partition coefficient (Wildman–Crippen LogP) is 4.62. The van der Waals surface area contributed by atoms with Gasteiger partial charge in [-0.25, -0.2) is 9.07 Å². The van der Waals surface area contributed by atoms with Crippen molar-refractivity contribution in [2.75, 3.05) is 5.32 Å².